The van der Waals surface area contributed by atoms with Crippen LogP contribution in [-0.2, 0) is 6.42 Å². The van der Waals surface area contributed by atoms with Crippen LogP contribution >= 0.6 is 27.5 Å². The topological polar surface area (TPSA) is 23.5 Å². The molecule has 3 atom stereocenters. The summed E-state index contributed by atoms with van der Waals surface area (Å²) in [6.45, 7) is 0. The van der Waals surface area contributed by atoms with E-state index in [2.05, 4.69) is 59.2 Å². The number of halogens is 2. The summed E-state index contributed by atoms with van der Waals surface area (Å²) in [4.78, 5) is 2.26. The summed E-state index contributed by atoms with van der Waals surface area (Å²) < 4.78 is 1.11. The molecular formula is C23H29BrClNO. The molecule has 2 aromatic carbocycles. The van der Waals surface area contributed by atoms with Crippen molar-refractivity contribution in [3.05, 3.63) is 69.2 Å². The van der Waals surface area contributed by atoms with Crippen LogP contribution in [0.3, 0.4) is 0 Å². The van der Waals surface area contributed by atoms with Crippen molar-refractivity contribution in [2.24, 2.45) is 5.92 Å². The molecule has 0 amide bonds. The summed E-state index contributed by atoms with van der Waals surface area (Å²) in [5.41, 5.74) is 1.70. The first-order valence-corrected chi connectivity index (χ1v) is 11.0. The van der Waals surface area contributed by atoms with Crippen molar-refractivity contribution in [1.82, 2.24) is 4.90 Å². The highest BCUT2D eigenvalue weighted by molar-refractivity contribution is 9.10. The van der Waals surface area contributed by atoms with Gasteiger partial charge in [-0.15, -0.1) is 0 Å². The molecule has 0 radical (unpaired) electrons. The van der Waals surface area contributed by atoms with Gasteiger partial charge in [0.15, 0.2) is 0 Å². The van der Waals surface area contributed by atoms with Crippen LogP contribution in [-0.4, -0.2) is 29.7 Å². The minimum absolute atomic E-state index is 0.178. The lowest BCUT2D eigenvalue weighted by molar-refractivity contribution is -0.0830. The summed E-state index contributed by atoms with van der Waals surface area (Å²) in [7, 11) is 4.24. The number of rotatable bonds is 6. The Hall–Kier alpha value is -0.870. The van der Waals surface area contributed by atoms with Crippen LogP contribution in [0.5, 0.6) is 0 Å². The molecule has 1 aliphatic carbocycles. The Kier molecular flexibility index (Phi) is 7.02. The van der Waals surface area contributed by atoms with E-state index >= 15 is 0 Å². The van der Waals surface area contributed by atoms with E-state index < -0.39 is 5.60 Å². The van der Waals surface area contributed by atoms with E-state index in [0.717, 1.165) is 47.2 Å². The van der Waals surface area contributed by atoms with Gasteiger partial charge in [0, 0.05) is 21.5 Å². The number of hydrogen-bond acceptors (Lipinski definition) is 2. The van der Waals surface area contributed by atoms with E-state index in [1.807, 2.05) is 24.3 Å². The Morgan fingerprint density at radius 3 is 2.56 bits per heavy atom. The number of benzene rings is 2. The monoisotopic (exact) mass is 449 g/mol. The van der Waals surface area contributed by atoms with Gasteiger partial charge in [0.05, 0.1) is 5.60 Å². The molecule has 0 saturated heterocycles. The maximum absolute atomic E-state index is 11.8. The zero-order valence-corrected chi connectivity index (χ0v) is 18.5. The van der Waals surface area contributed by atoms with Gasteiger partial charge in [-0.25, -0.2) is 0 Å². The summed E-state index contributed by atoms with van der Waals surface area (Å²) in [5.74, 6) is 0.197. The van der Waals surface area contributed by atoms with Gasteiger partial charge in [0.1, 0.15) is 0 Å². The fourth-order valence-corrected chi connectivity index (χ4v) is 5.38. The SMILES string of the molecule is CN(C)C(c1ccccc1Br)C1CCCCC1(O)CCc1ccccc1Cl. The maximum Gasteiger partial charge on any atom is 0.0697 e. The zero-order valence-electron chi connectivity index (χ0n) is 16.2. The Morgan fingerprint density at radius 2 is 1.85 bits per heavy atom. The molecule has 2 nitrogen and oxygen atoms in total. The molecule has 146 valence electrons. The van der Waals surface area contributed by atoms with Gasteiger partial charge in [0.25, 0.3) is 0 Å². The molecule has 2 aromatic rings. The van der Waals surface area contributed by atoms with Crippen molar-refractivity contribution in [2.75, 3.05) is 14.1 Å². The molecule has 3 rings (SSSR count). The second kappa shape index (κ2) is 9.09. The second-order valence-corrected chi connectivity index (χ2v) is 9.24. The van der Waals surface area contributed by atoms with Crippen molar-refractivity contribution < 1.29 is 5.11 Å². The molecule has 1 fully saturated rings. The second-order valence-electron chi connectivity index (χ2n) is 7.98. The van der Waals surface area contributed by atoms with Crippen LogP contribution in [0.2, 0.25) is 5.02 Å². The Balaban J connectivity index is 1.88. The fourth-order valence-electron chi connectivity index (χ4n) is 4.63. The lowest BCUT2D eigenvalue weighted by Crippen LogP contribution is -2.47. The molecule has 4 heteroatoms. The summed E-state index contributed by atoms with van der Waals surface area (Å²) in [6.07, 6.45) is 5.72. The van der Waals surface area contributed by atoms with Gasteiger partial charge in [-0.1, -0.05) is 76.8 Å². The Bertz CT molecular complexity index is 766. The molecule has 1 N–H and O–H groups in total. The standard InChI is InChI=1S/C23H29BrClNO/c1-26(2)22(18-10-4-5-12-20(18)24)19-11-7-8-15-23(19,27)16-14-17-9-3-6-13-21(17)25/h3-6,9-10,12-13,19,22,27H,7-8,11,14-16H2,1-2H3. The first kappa shape index (κ1) is 20.9. The number of hydrogen-bond donors (Lipinski definition) is 1. The predicted octanol–water partition coefficient (Wildman–Crippen LogP) is 6.26. The van der Waals surface area contributed by atoms with Crippen LogP contribution in [0.4, 0.5) is 0 Å². The smallest absolute Gasteiger partial charge is 0.0697 e. The molecule has 0 heterocycles. The van der Waals surface area contributed by atoms with Gasteiger partial charge in [-0.3, -0.25) is 0 Å². The van der Waals surface area contributed by atoms with E-state index in [9.17, 15) is 5.11 Å². The van der Waals surface area contributed by atoms with Crippen LogP contribution in [0, 0.1) is 5.92 Å². The molecule has 0 spiro atoms. The first-order chi connectivity index (χ1) is 12.9. The largest absolute Gasteiger partial charge is 0.390 e. The molecule has 0 aliphatic heterocycles. The highest BCUT2D eigenvalue weighted by atomic mass is 79.9. The molecule has 1 aliphatic rings. The highest BCUT2D eigenvalue weighted by Crippen LogP contribution is 2.47. The zero-order chi connectivity index (χ0) is 19.4. The minimum atomic E-state index is -0.679. The van der Waals surface area contributed by atoms with E-state index in [0.29, 0.717) is 0 Å². The van der Waals surface area contributed by atoms with Gasteiger partial charge in [-0.2, -0.15) is 0 Å². The quantitative estimate of drug-likeness (QED) is 0.561. The van der Waals surface area contributed by atoms with Crippen LogP contribution in [0.15, 0.2) is 53.0 Å². The average molecular weight is 451 g/mol. The predicted molar refractivity (Wildman–Crippen MR) is 117 cm³/mol. The summed E-state index contributed by atoms with van der Waals surface area (Å²) in [6, 6.07) is 16.6. The molecular weight excluding hydrogens is 422 g/mol. The van der Waals surface area contributed by atoms with Gasteiger partial charge < -0.3 is 10.0 Å². The molecule has 3 unspecified atom stereocenters. The van der Waals surface area contributed by atoms with Crippen molar-refractivity contribution in [2.45, 2.75) is 50.2 Å². The Morgan fingerprint density at radius 1 is 1.15 bits per heavy atom. The molecule has 0 aromatic heterocycles. The molecule has 1 saturated carbocycles. The van der Waals surface area contributed by atoms with E-state index in [1.165, 1.54) is 12.0 Å². The summed E-state index contributed by atoms with van der Waals surface area (Å²) >= 11 is 10.1. The third-order valence-corrected chi connectivity index (χ3v) is 7.10. The maximum atomic E-state index is 11.8. The van der Waals surface area contributed by atoms with Crippen LogP contribution in [0.1, 0.15) is 49.3 Å². The van der Waals surface area contributed by atoms with E-state index in [1.54, 1.807) is 0 Å². The number of aliphatic hydroxyl groups is 1. The van der Waals surface area contributed by atoms with Gasteiger partial charge in [-0.05, 0) is 63.0 Å². The Labute approximate surface area is 176 Å². The van der Waals surface area contributed by atoms with E-state index in [4.69, 9.17) is 11.6 Å². The van der Waals surface area contributed by atoms with Crippen LogP contribution in [0.25, 0.3) is 0 Å². The average Bonchev–Trinajstić information content (AvgIpc) is 2.64. The molecule has 27 heavy (non-hydrogen) atoms. The summed E-state index contributed by atoms with van der Waals surface area (Å²) in [5, 5.41) is 12.6. The van der Waals surface area contributed by atoms with Crippen LogP contribution < -0.4 is 0 Å². The number of aryl methyl sites for hydroxylation is 1. The van der Waals surface area contributed by atoms with Crippen molar-refractivity contribution in [3.8, 4) is 0 Å². The van der Waals surface area contributed by atoms with Crippen molar-refractivity contribution in [1.29, 1.82) is 0 Å². The van der Waals surface area contributed by atoms with Crippen molar-refractivity contribution >= 4 is 27.5 Å². The van der Waals surface area contributed by atoms with Crippen molar-refractivity contribution in [3.63, 3.8) is 0 Å². The van der Waals surface area contributed by atoms with Gasteiger partial charge >= 0.3 is 0 Å². The lowest BCUT2D eigenvalue weighted by atomic mass is 9.67. The first-order valence-electron chi connectivity index (χ1n) is 9.79. The molecule has 0 bridgehead atoms. The lowest BCUT2D eigenvalue weighted by Gasteiger charge is -2.46. The highest BCUT2D eigenvalue weighted by Gasteiger charge is 2.44. The van der Waals surface area contributed by atoms with E-state index in [-0.39, 0.29) is 12.0 Å². The number of nitrogens with zero attached hydrogens (tertiary/aromatic N) is 1. The van der Waals surface area contributed by atoms with Gasteiger partial charge in [0.2, 0.25) is 0 Å². The third-order valence-electron chi connectivity index (χ3n) is 6.01. The minimum Gasteiger partial charge on any atom is -0.390 e. The fraction of sp³-hybridized carbons (Fsp3) is 0.478. The third kappa shape index (κ3) is 4.76. The normalized spacial score (nSPS) is 24.1.